The van der Waals surface area contributed by atoms with Crippen molar-refractivity contribution in [3.05, 3.63) is 35.4 Å². The van der Waals surface area contributed by atoms with Gasteiger partial charge in [0.25, 0.3) is 0 Å². The summed E-state index contributed by atoms with van der Waals surface area (Å²) in [6.07, 6.45) is 0.640. The third-order valence-electron chi connectivity index (χ3n) is 2.98. The number of sulfone groups is 1. The Labute approximate surface area is 110 Å². The summed E-state index contributed by atoms with van der Waals surface area (Å²) in [4.78, 5) is 0. The van der Waals surface area contributed by atoms with Crippen LogP contribution >= 0.6 is 0 Å². The van der Waals surface area contributed by atoms with Crippen LogP contribution in [0.4, 0.5) is 0 Å². The minimum atomic E-state index is -3.03. The summed E-state index contributed by atoms with van der Waals surface area (Å²) in [6.45, 7) is 6.11. The average Bonchev–Trinajstić information content (AvgIpc) is 2.28. The lowest BCUT2D eigenvalue weighted by atomic mass is 10.00. The number of benzene rings is 1. The molecule has 0 aliphatic rings. The lowest BCUT2D eigenvalue weighted by Crippen LogP contribution is -2.23. The van der Waals surface area contributed by atoms with Gasteiger partial charge in [-0.2, -0.15) is 0 Å². The molecule has 0 bridgehead atoms. The van der Waals surface area contributed by atoms with Gasteiger partial charge in [-0.25, -0.2) is 8.42 Å². The van der Waals surface area contributed by atoms with Crippen LogP contribution in [0.3, 0.4) is 0 Å². The molecule has 1 unspecified atom stereocenters. The molecule has 2 N–H and O–H groups in total. The Balaban J connectivity index is 2.76. The summed E-state index contributed by atoms with van der Waals surface area (Å²) in [5.74, 6) is 0.714. The first kappa shape index (κ1) is 15.2. The fourth-order valence-corrected chi connectivity index (χ4v) is 3.42. The summed E-state index contributed by atoms with van der Waals surface area (Å²) in [6, 6.07) is 7.48. The van der Waals surface area contributed by atoms with E-state index in [1.165, 1.54) is 5.56 Å². The first-order valence-corrected chi connectivity index (χ1v) is 8.23. The van der Waals surface area contributed by atoms with Gasteiger partial charge in [0.2, 0.25) is 0 Å². The second-order valence-corrected chi connectivity index (χ2v) is 7.27. The molecular formula is C14H23NO2S. The highest BCUT2D eigenvalue weighted by Crippen LogP contribution is 2.18. The number of rotatable bonds is 6. The molecule has 0 aliphatic carbocycles. The largest absolute Gasteiger partial charge is 0.323 e. The number of nitrogens with two attached hydrogens (primary N) is 1. The molecule has 0 fully saturated rings. The maximum atomic E-state index is 11.7. The lowest BCUT2D eigenvalue weighted by molar-refractivity contribution is 0.587. The predicted octanol–water partition coefficient (Wildman–Crippen LogP) is 2.63. The Bertz CT molecular complexity index is 463. The summed E-state index contributed by atoms with van der Waals surface area (Å²) in [5, 5.41) is 0. The highest BCUT2D eigenvalue weighted by Gasteiger charge is 2.16. The summed E-state index contributed by atoms with van der Waals surface area (Å²) < 4.78 is 23.4. The molecule has 3 nitrogen and oxygen atoms in total. The van der Waals surface area contributed by atoms with Crippen molar-refractivity contribution in [3.8, 4) is 0 Å². The van der Waals surface area contributed by atoms with Gasteiger partial charge in [0.1, 0.15) is 0 Å². The van der Waals surface area contributed by atoms with Crippen molar-refractivity contribution in [2.75, 3.05) is 11.5 Å². The fraction of sp³-hybridized carbons (Fsp3) is 0.571. The molecule has 1 rings (SSSR count). The Morgan fingerprint density at radius 2 is 1.61 bits per heavy atom. The van der Waals surface area contributed by atoms with Crippen LogP contribution in [0.5, 0.6) is 0 Å². The molecule has 0 saturated heterocycles. The second-order valence-electron chi connectivity index (χ2n) is 5.04. The minimum absolute atomic E-state index is 0.0296. The third kappa shape index (κ3) is 4.42. The molecule has 102 valence electrons. The first-order chi connectivity index (χ1) is 8.35. The highest BCUT2D eigenvalue weighted by molar-refractivity contribution is 7.91. The predicted molar refractivity (Wildman–Crippen MR) is 76.4 cm³/mol. The van der Waals surface area contributed by atoms with Gasteiger partial charge >= 0.3 is 0 Å². The first-order valence-electron chi connectivity index (χ1n) is 6.41. The van der Waals surface area contributed by atoms with E-state index < -0.39 is 15.9 Å². The maximum absolute atomic E-state index is 11.7. The molecule has 0 aromatic heterocycles. The van der Waals surface area contributed by atoms with Crippen molar-refractivity contribution < 1.29 is 8.42 Å². The molecule has 4 heteroatoms. The van der Waals surface area contributed by atoms with Crippen molar-refractivity contribution in [2.45, 2.75) is 39.2 Å². The van der Waals surface area contributed by atoms with Crippen LogP contribution in [0.1, 0.15) is 50.3 Å². The van der Waals surface area contributed by atoms with Crippen molar-refractivity contribution in [3.63, 3.8) is 0 Å². The van der Waals surface area contributed by atoms with E-state index in [1.54, 1.807) is 0 Å². The number of hydrogen-bond acceptors (Lipinski definition) is 3. The van der Waals surface area contributed by atoms with Gasteiger partial charge in [-0.1, -0.05) is 45.0 Å². The maximum Gasteiger partial charge on any atom is 0.152 e. The quantitative estimate of drug-likeness (QED) is 0.863. The van der Waals surface area contributed by atoms with Gasteiger partial charge in [-0.05, 0) is 23.5 Å². The molecule has 0 saturated carbocycles. The second kappa shape index (κ2) is 6.34. The fourth-order valence-electron chi connectivity index (χ4n) is 1.89. The van der Waals surface area contributed by atoms with Crippen molar-refractivity contribution >= 4 is 9.84 Å². The Morgan fingerprint density at radius 3 is 2.06 bits per heavy atom. The van der Waals surface area contributed by atoms with Gasteiger partial charge in [0, 0.05) is 11.8 Å². The third-order valence-corrected chi connectivity index (χ3v) is 4.88. The van der Waals surface area contributed by atoms with Crippen LogP contribution < -0.4 is 5.73 Å². The smallest absolute Gasteiger partial charge is 0.152 e. The topological polar surface area (TPSA) is 60.2 Å². The number of hydrogen-bond donors (Lipinski definition) is 1. The van der Waals surface area contributed by atoms with E-state index in [2.05, 4.69) is 13.8 Å². The monoisotopic (exact) mass is 269 g/mol. The average molecular weight is 269 g/mol. The zero-order valence-electron chi connectivity index (χ0n) is 11.4. The molecule has 0 heterocycles. The van der Waals surface area contributed by atoms with E-state index >= 15 is 0 Å². The van der Waals surface area contributed by atoms with E-state index in [1.807, 2.05) is 31.2 Å². The van der Waals surface area contributed by atoms with Crippen molar-refractivity contribution in [1.29, 1.82) is 0 Å². The van der Waals surface area contributed by atoms with E-state index in [9.17, 15) is 8.42 Å². The van der Waals surface area contributed by atoms with Crippen LogP contribution in [0, 0.1) is 0 Å². The SMILES string of the molecule is CCCS(=O)(=O)CC(N)c1ccc(C(C)C)cc1. The van der Waals surface area contributed by atoms with Gasteiger partial charge in [-0.3, -0.25) is 0 Å². The molecule has 1 aromatic rings. The Kier molecular flexibility index (Phi) is 5.35. The van der Waals surface area contributed by atoms with Gasteiger partial charge in [0.05, 0.1) is 5.75 Å². The molecule has 0 spiro atoms. The Hall–Kier alpha value is -0.870. The lowest BCUT2D eigenvalue weighted by Gasteiger charge is -2.13. The molecular weight excluding hydrogens is 246 g/mol. The van der Waals surface area contributed by atoms with Crippen LogP contribution in [0.2, 0.25) is 0 Å². The molecule has 1 atom stereocenters. The van der Waals surface area contributed by atoms with E-state index in [4.69, 9.17) is 5.73 Å². The Morgan fingerprint density at radius 1 is 1.11 bits per heavy atom. The van der Waals surface area contributed by atoms with Crippen LogP contribution in [0.15, 0.2) is 24.3 Å². The molecule has 0 radical (unpaired) electrons. The summed E-state index contributed by atoms with van der Waals surface area (Å²) in [7, 11) is -3.03. The van der Waals surface area contributed by atoms with Crippen LogP contribution in [-0.2, 0) is 9.84 Å². The van der Waals surface area contributed by atoms with Crippen LogP contribution in [-0.4, -0.2) is 19.9 Å². The molecule has 0 amide bonds. The minimum Gasteiger partial charge on any atom is -0.323 e. The van der Waals surface area contributed by atoms with E-state index in [0.29, 0.717) is 12.3 Å². The zero-order valence-corrected chi connectivity index (χ0v) is 12.2. The van der Waals surface area contributed by atoms with E-state index in [0.717, 1.165) is 5.56 Å². The van der Waals surface area contributed by atoms with E-state index in [-0.39, 0.29) is 11.5 Å². The van der Waals surface area contributed by atoms with Gasteiger partial charge < -0.3 is 5.73 Å². The summed E-state index contributed by atoms with van der Waals surface area (Å²) in [5.41, 5.74) is 8.08. The standard InChI is InChI=1S/C14H23NO2S/c1-4-9-18(16,17)10-14(15)13-7-5-12(6-8-13)11(2)3/h5-8,11,14H,4,9-10,15H2,1-3H3. The van der Waals surface area contributed by atoms with Crippen molar-refractivity contribution in [1.82, 2.24) is 0 Å². The van der Waals surface area contributed by atoms with Crippen molar-refractivity contribution in [2.24, 2.45) is 5.73 Å². The highest BCUT2D eigenvalue weighted by atomic mass is 32.2. The van der Waals surface area contributed by atoms with Crippen LogP contribution in [0.25, 0.3) is 0 Å². The zero-order chi connectivity index (χ0) is 13.8. The summed E-state index contributed by atoms with van der Waals surface area (Å²) >= 11 is 0. The van der Waals surface area contributed by atoms with Gasteiger partial charge in [0.15, 0.2) is 9.84 Å². The van der Waals surface area contributed by atoms with Gasteiger partial charge in [-0.15, -0.1) is 0 Å². The normalized spacial score (nSPS) is 13.8. The molecule has 18 heavy (non-hydrogen) atoms. The molecule has 0 aliphatic heterocycles. The molecule has 1 aromatic carbocycles.